The van der Waals surface area contributed by atoms with Gasteiger partial charge in [0.15, 0.2) is 41.0 Å². The van der Waals surface area contributed by atoms with Gasteiger partial charge in [0.25, 0.3) is 16.7 Å². The Morgan fingerprint density at radius 1 is 0.667 bits per heavy atom. The maximum atomic E-state index is 13.4. The van der Waals surface area contributed by atoms with Crippen LogP contribution in [0.2, 0.25) is 0 Å². The number of nitrogens with one attached hydrogen (secondary N) is 3. The number of aromatic amines is 3. The number of aromatic nitrogens is 10. The minimum Gasteiger partial charge on any atom is -0.394 e. The van der Waals surface area contributed by atoms with Crippen molar-refractivity contribution in [1.82, 2.24) is 48.6 Å². The minimum atomic E-state index is -5.44. The molecule has 0 amide bonds. The number of nitrogens with two attached hydrogens (primary N) is 2. The van der Waals surface area contributed by atoms with Crippen LogP contribution in [0.15, 0.2) is 44.1 Å². The average molecular weight is 935 g/mol. The van der Waals surface area contributed by atoms with Gasteiger partial charge in [-0.2, -0.15) is 9.97 Å². The van der Waals surface area contributed by atoms with Crippen LogP contribution in [-0.4, -0.2) is 159 Å². The lowest BCUT2D eigenvalue weighted by Gasteiger charge is -2.25. The number of rotatable bonds is 14. The number of hydrogen-bond acceptors (Lipinski definition) is 24. The number of ether oxygens (including phenoxy) is 3. The van der Waals surface area contributed by atoms with Crippen molar-refractivity contribution in [3.8, 4) is 0 Å². The highest BCUT2D eigenvalue weighted by Gasteiger charge is 2.53. The van der Waals surface area contributed by atoms with E-state index in [4.69, 9.17) is 43.8 Å². The molecule has 3 fully saturated rings. The molecule has 0 saturated carbocycles. The van der Waals surface area contributed by atoms with Crippen molar-refractivity contribution in [2.75, 3.05) is 31.3 Å². The Labute approximate surface area is 346 Å². The molecule has 32 nitrogen and oxygen atoms in total. The number of imidazole rings is 2. The van der Waals surface area contributed by atoms with Crippen LogP contribution in [0, 0.1) is 0 Å². The largest absolute Gasteiger partial charge is 0.472 e. The van der Waals surface area contributed by atoms with Crippen molar-refractivity contribution in [2.24, 2.45) is 0 Å². The first kappa shape index (κ1) is 44.5. The van der Waals surface area contributed by atoms with Crippen LogP contribution in [-0.2, 0) is 41.4 Å². The third-order valence-electron chi connectivity index (χ3n) is 10.0. The van der Waals surface area contributed by atoms with E-state index in [-0.39, 0.29) is 34.2 Å². The Bertz CT molecular complexity index is 2870. The van der Waals surface area contributed by atoms with Gasteiger partial charge in [-0.05, 0) is 0 Å². The van der Waals surface area contributed by atoms with E-state index >= 15 is 0 Å². The zero-order valence-corrected chi connectivity index (χ0v) is 33.3. The van der Waals surface area contributed by atoms with E-state index < -0.39 is 131 Å². The SMILES string of the molecule is Nc1nc2c(ncn2[C@@H]2O[C@H](COP(=O)(O)O[C@H]3[C@@H](O)[C@H](n4ccc(=O)[nH]c4=O)O[C@@H]3COP(=O)(O)O[C@H]3[C@@H](O)[C@H](n4cnc5c(=O)[nH]c(N)nc54)O[C@@H]3CO)[C@@H](O)[C@H]2O)c(=O)[nH]1. The molecular weight excluding hydrogens is 898 g/mol. The molecule has 63 heavy (non-hydrogen) atoms. The van der Waals surface area contributed by atoms with Gasteiger partial charge in [0, 0.05) is 12.3 Å². The summed E-state index contributed by atoms with van der Waals surface area (Å²) in [5, 5.41) is 53.9. The fourth-order valence-corrected chi connectivity index (χ4v) is 9.06. The second kappa shape index (κ2) is 16.8. The molecule has 5 aromatic rings. The first-order chi connectivity index (χ1) is 29.8. The molecule has 0 radical (unpaired) electrons. The van der Waals surface area contributed by atoms with E-state index in [2.05, 4.69) is 29.9 Å². The number of H-pyrrole nitrogens is 3. The van der Waals surface area contributed by atoms with Crippen LogP contribution in [0.5, 0.6) is 0 Å². The first-order valence-corrected chi connectivity index (χ1v) is 21.1. The molecule has 3 aliphatic heterocycles. The molecule has 0 bridgehead atoms. The summed E-state index contributed by atoms with van der Waals surface area (Å²) in [5.41, 5.74) is 7.11. The highest BCUT2D eigenvalue weighted by molar-refractivity contribution is 7.47. The zero-order valence-electron chi connectivity index (χ0n) is 31.5. The molecule has 0 aliphatic carbocycles. The molecule has 5 aromatic heterocycles. The topological polar surface area (TPSA) is 474 Å². The van der Waals surface area contributed by atoms with Gasteiger partial charge in [0.05, 0.1) is 32.5 Å². The summed E-state index contributed by atoms with van der Waals surface area (Å²) in [6.45, 7) is -3.02. The number of phosphoric acid groups is 2. The van der Waals surface area contributed by atoms with Crippen molar-refractivity contribution in [3.63, 3.8) is 0 Å². The number of aliphatic hydroxyl groups excluding tert-OH is 5. The van der Waals surface area contributed by atoms with Crippen LogP contribution < -0.4 is 33.8 Å². The van der Waals surface area contributed by atoms with E-state index in [9.17, 15) is 63.6 Å². The molecule has 2 unspecified atom stereocenters. The zero-order chi connectivity index (χ0) is 45.3. The van der Waals surface area contributed by atoms with Crippen molar-refractivity contribution < 1.29 is 76.8 Å². The van der Waals surface area contributed by atoms with Crippen LogP contribution in [0.25, 0.3) is 22.3 Å². The summed E-state index contributed by atoms with van der Waals surface area (Å²) in [6, 6.07) is 0.868. The molecule has 3 aliphatic rings. The summed E-state index contributed by atoms with van der Waals surface area (Å²) in [6.07, 6.45) is -18.2. The molecule has 8 heterocycles. The maximum absolute atomic E-state index is 13.4. The van der Waals surface area contributed by atoms with E-state index in [1.54, 1.807) is 0 Å². The van der Waals surface area contributed by atoms with Gasteiger partial charge < -0.3 is 61.0 Å². The Morgan fingerprint density at radius 2 is 1.13 bits per heavy atom. The third kappa shape index (κ3) is 8.51. The molecule has 342 valence electrons. The van der Waals surface area contributed by atoms with Gasteiger partial charge >= 0.3 is 21.3 Å². The smallest absolute Gasteiger partial charge is 0.394 e. The fourth-order valence-electron chi connectivity index (χ4n) is 7.13. The predicted octanol–water partition coefficient (Wildman–Crippen LogP) is -5.90. The van der Waals surface area contributed by atoms with E-state index in [0.29, 0.717) is 4.57 Å². The molecule has 34 heteroatoms. The standard InChI is InChI=1S/C29H36N12O20P2/c30-27-35-20-12(22(48)37-27)32-6-40(20)24-15(45)14(44)9(58-24)4-55-62(51,52)61-19-10(59-25(17(19)47)39-2-1-11(43)34-29(39)50)5-56-63(53,54)60-18-8(3-42)57-26(16(18)46)41-7-33-13-21(41)36-28(31)38-23(13)49/h1-2,6-10,14-19,24-26,42,44-47H,3-5H2,(H,51,52)(H,53,54)(H,34,43,50)(H3,30,35,37,48)(H3,31,36,38,49)/t8-,9-,10-,14-,15-,16-,17-,18-,19-,24-,25-,26-/m1/s1. The highest BCUT2D eigenvalue weighted by atomic mass is 31.2. The molecule has 0 aromatic carbocycles. The third-order valence-corrected chi connectivity index (χ3v) is 12.0. The number of phosphoric ester groups is 2. The number of nitrogen functional groups attached to an aromatic ring is 2. The number of fused-ring (bicyclic) bond motifs is 2. The second-order valence-electron chi connectivity index (χ2n) is 14.1. The van der Waals surface area contributed by atoms with Crippen LogP contribution in [0.3, 0.4) is 0 Å². The van der Waals surface area contributed by atoms with Crippen molar-refractivity contribution in [3.05, 3.63) is 66.5 Å². The lowest BCUT2D eigenvalue weighted by molar-refractivity contribution is -0.0633. The molecular formula is C29H36N12O20P2. The summed E-state index contributed by atoms with van der Waals surface area (Å²) in [4.78, 5) is 92.6. The van der Waals surface area contributed by atoms with Crippen LogP contribution in [0.1, 0.15) is 18.7 Å². The Kier molecular flexibility index (Phi) is 11.8. The summed E-state index contributed by atoms with van der Waals surface area (Å²) < 4.78 is 67.0. The lowest BCUT2D eigenvalue weighted by atomic mass is 10.1. The predicted molar refractivity (Wildman–Crippen MR) is 201 cm³/mol. The van der Waals surface area contributed by atoms with E-state index in [0.717, 1.165) is 34.1 Å². The Hall–Kier alpha value is -5.12. The quantitative estimate of drug-likeness (QED) is 0.0461. The molecule has 14 atom stereocenters. The number of hydrogen-bond donors (Lipinski definition) is 12. The van der Waals surface area contributed by atoms with Crippen molar-refractivity contribution >= 4 is 49.9 Å². The van der Waals surface area contributed by atoms with Crippen LogP contribution in [0.4, 0.5) is 11.9 Å². The molecule has 14 N–H and O–H groups in total. The fraction of sp³-hybridized carbons (Fsp3) is 0.517. The molecule has 8 rings (SSSR count). The average Bonchev–Trinajstić information content (AvgIpc) is 4.02. The summed E-state index contributed by atoms with van der Waals surface area (Å²) in [7, 11) is -10.8. The summed E-state index contributed by atoms with van der Waals surface area (Å²) in [5.74, 6) is -0.624. The lowest BCUT2D eigenvalue weighted by Crippen LogP contribution is -2.39. The van der Waals surface area contributed by atoms with Gasteiger partial charge in [-0.25, -0.2) is 23.9 Å². The second-order valence-corrected chi connectivity index (χ2v) is 16.9. The Morgan fingerprint density at radius 3 is 1.65 bits per heavy atom. The highest BCUT2D eigenvalue weighted by Crippen LogP contribution is 2.52. The van der Waals surface area contributed by atoms with Crippen molar-refractivity contribution in [2.45, 2.75) is 73.6 Å². The normalized spacial score (nSPS) is 31.8. The molecule has 0 spiro atoms. The van der Waals surface area contributed by atoms with Gasteiger partial charge in [0.1, 0.15) is 54.9 Å². The van der Waals surface area contributed by atoms with Gasteiger partial charge in [-0.3, -0.25) is 61.1 Å². The molecule has 3 saturated heterocycles. The van der Waals surface area contributed by atoms with Gasteiger partial charge in [-0.1, -0.05) is 0 Å². The Balaban J connectivity index is 0.970. The number of anilines is 2. The van der Waals surface area contributed by atoms with E-state index in [1.807, 2.05) is 4.98 Å². The van der Waals surface area contributed by atoms with Gasteiger partial charge in [0.2, 0.25) is 11.9 Å². The minimum absolute atomic E-state index is 0.140. The van der Waals surface area contributed by atoms with Gasteiger partial charge in [-0.15, -0.1) is 0 Å². The van der Waals surface area contributed by atoms with E-state index in [1.165, 1.54) is 0 Å². The number of aliphatic hydroxyl groups is 5. The van der Waals surface area contributed by atoms with Crippen LogP contribution >= 0.6 is 15.6 Å². The first-order valence-electron chi connectivity index (χ1n) is 18.1. The maximum Gasteiger partial charge on any atom is 0.472 e. The summed E-state index contributed by atoms with van der Waals surface area (Å²) >= 11 is 0. The number of nitrogens with zero attached hydrogens (tertiary/aromatic N) is 7. The monoisotopic (exact) mass is 934 g/mol. The van der Waals surface area contributed by atoms with Crippen molar-refractivity contribution in [1.29, 1.82) is 0 Å².